The lowest BCUT2D eigenvalue weighted by Crippen LogP contribution is -2.30. The van der Waals surface area contributed by atoms with E-state index in [1.165, 1.54) is 276 Å². The van der Waals surface area contributed by atoms with E-state index in [2.05, 4.69) is 34.6 Å². The molecule has 0 rings (SSSR count). The minimum absolute atomic E-state index is 0.108. The van der Waals surface area contributed by atoms with Gasteiger partial charge in [-0.05, 0) is 31.6 Å². The van der Waals surface area contributed by atoms with Gasteiger partial charge in [-0.2, -0.15) is 0 Å². The topological polar surface area (TPSA) is 237 Å². The number of hydrogen-bond donors (Lipinski definition) is 3. The molecule has 0 aromatic carbocycles. The lowest BCUT2D eigenvalue weighted by Gasteiger charge is -2.21. The molecule has 3 unspecified atom stereocenters. The predicted octanol–water partition coefficient (Wildman–Crippen LogP) is 25.6. The summed E-state index contributed by atoms with van der Waals surface area (Å²) in [6, 6.07) is 0. The molecule has 103 heavy (non-hydrogen) atoms. The summed E-state index contributed by atoms with van der Waals surface area (Å²) in [5.41, 5.74) is 0. The third-order valence-corrected chi connectivity index (χ3v) is 22.0. The normalized spacial score (nSPS) is 14.1. The number of carbonyl (C=O) groups excluding carboxylic acids is 4. The molecule has 0 saturated carbocycles. The van der Waals surface area contributed by atoms with Crippen LogP contribution >= 0.6 is 15.6 Å². The molecule has 0 aliphatic rings. The summed E-state index contributed by atoms with van der Waals surface area (Å²) in [5.74, 6) is -1.32. The second kappa shape index (κ2) is 76.8. The SMILES string of the molecule is CCCCCCCCCCCCCCCCCCCCC(=O)O[C@H](COC(=O)CCCCCCCCCCCCCCCCCCC)COP(=O)(O)OC[C@@H](O)COP(=O)(O)OC[C@@H](COC(=O)CCCCCCCCCCC(C)CC)OC(=O)CCCCCCCCCCCCCCCCCC. The zero-order valence-corrected chi connectivity index (χ0v) is 69.3. The molecule has 0 aliphatic carbocycles. The molecule has 0 amide bonds. The van der Waals surface area contributed by atoms with Gasteiger partial charge in [0.25, 0.3) is 0 Å². The monoisotopic (exact) mass is 1510 g/mol. The van der Waals surface area contributed by atoms with E-state index in [-0.39, 0.29) is 25.7 Å². The molecule has 0 aromatic heterocycles. The van der Waals surface area contributed by atoms with Gasteiger partial charge < -0.3 is 33.8 Å². The van der Waals surface area contributed by atoms with E-state index in [0.717, 1.165) is 95.8 Å². The van der Waals surface area contributed by atoms with Crippen molar-refractivity contribution < 1.29 is 80.2 Å². The van der Waals surface area contributed by atoms with Crippen LogP contribution in [0.5, 0.6) is 0 Å². The lowest BCUT2D eigenvalue weighted by molar-refractivity contribution is -0.161. The van der Waals surface area contributed by atoms with Gasteiger partial charge in [-0.3, -0.25) is 37.3 Å². The van der Waals surface area contributed by atoms with E-state index >= 15 is 0 Å². The average Bonchev–Trinajstić information content (AvgIpc) is 0.928. The Labute approximate surface area is 632 Å². The number of hydrogen-bond acceptors (Lipinski definition) is 15. The third-order valence-electron chi connectivity index (χ3n) is 20.1. The summed E-state index contributed by atoms with van der Waals surface area (Å²) >= 11 is 0. The summed E-state index contributed by atoms with van der Waals surface area (Å²) in [5, 5.41) is 10.7. The average molecular weight is 1510 g/mol. The molecule has 17 nitrogen and oxygen atoms in total. The summed E-state index contributed by atoms with van der Waals surface area (Å²) < 4.78 is 68.9. The van der Waals surface area contributed by atoms with Crippen molar-refractivity contribution >= 4 is 39.5 Å². The number of phosphoric ester groups is 2. The van der Waals surface area contributed by atoms with E-state index in [0.29, 0.717) is 25.7 Å². The van der Waals surface area contributed by atoms with Gasteiger partial charge in [-0.25, -0.2) is 9.13 Å². The fourth-order valence-corrected chi connectivity index (χ4v) is 14.7. The highest BCUT2D eigenvalue weighted by Crippen LogP contribution is 2.45. The van der Waals surface area contributed by atoms with Crippen LogP contribution in [0.3, 0.4) is 0 Å². The second-order valence-electron chi connectivity index (χ2n) is 30.5. The minimum atomic E-state index is -4.96. The Kier molecular flexibility index (Phi) is 75.4. The maximum Gasteiger partial charge on any atom is 0.472 e. The van der Waals surface area contributed by atoms with Crippen molar-refractivity contribution in [1.82, 2.24) is 0 Å². The second-order valence-corrected chi connectivity index (χ2v) is 33.4. The van der Waals surface area contributed by atoms with Gasteiger partial charge >= 0.3 is 39.5 Å². The van der Waals surface area contributed by atoms with Gasteiger partial charge in [0, 0.05) is 25.7 Å². The van der Waals surface area contributed by atoms with Gasteiger partial charge in [0.15, 0.2) is 12.2 Å². The number of aliphatic hydroxyl groups is 1. The molecule has 0 spiro atoms. The highest BCUT2D eigenvalue weighted by molar-refractivity contribution is 7.47. The lowest BCUT2D eigenvalue weighted by atomic mass is 9.99. The van der Waals surface area contributed by atoms with Crippen LogP contribution in [0.15, 0.2) is 0 Å². The summed E-state index contributed by atoms with van der Waals surface area (Å²) in [6.45, 7) is 7.36. The van der Waals surface area contributed by atoms with Gasteiger partial charge in [0.1, 0.15) is 19.3 Å². The first kappa shape index (κ1) is 101. The predicted molar refractivity (Wildman–Crippen MR) is 423 cm³/mol. The van der Waals surface area contributed by atoms with Crippen LogP contribution in [0, 0.1) is 5.92 Å². The molecule has 0 heterocycles. The molecular formula is C84H164O17P2. The van der Waals surface area contributed by atoms with Crippen LogP contribution in [0.2, 0.25) is 0 Å². The quantitative estimate of drug-likeness (QED) is 0.0222. The van der Waals surface area contributed by atoms with Crippen LogP contribution in [-0.4, -0.2) is 96.7 Å². The van der Waals surface area contributed by atoms with E-state index in [1.807, 2.05) is 0 Å². The van der Waals surface area contributed by atoms with Crippen molar-refractivity contribution in [3.8, 4) is 0 Å². The zero-order chi connectivity index (χ0) is 75.5. The third kappa shape index (κ3) is 76.6. The highest BCUT2D eigenvalue weighted by Gasteiger charge is 2.30. The van der Waals surface area contributed by atoms with E-state index in [1.54, 1.807) is 0 Å². The van der Waals surface area contributed by atoms with Crippen LogP contribution in [-0.2, 0) is 65.4 Å². The number of unbranched alkanes of at least 4 members (excludes halogenated alkanes) is 55. The molecule has 0 fully saturated rings. The molecule has 3 N–H and O–H groups in total. The zero-order valence-electron chi connectivity index (χ0n) is 67.5. The number of aliphatic hydroxyl groups excluding tert-OH is 1. The number of rotatable bonds is 84. The number of phosphoric acid groups is 2. The maximum atomic E-state index is 13.1. The minimum Gasteiger partial charge on any atom is -0.462 e. The van der Waals surface area contributed by atoms with E-state index < -0.39 is 97.5 Å². The van der Waals surface area contributed by atoms with E-state index in [9.17, 15) is 43.2 Å². The van der Waals surface area contributed by atoms with Gasteiger partial charge in [0.05, 0.1) is 26.4 Å². The molecule has 0 bridgehead atoms. The number of ether oxygens (including phenoxy) is 4. The van der Waals surface area contributed by atoms with Crippen molar-refractivity contribution in [2.24, 2.45) is 5.92 Å². The Morgan fingerprint density at radius 3 is 0.689 bits per heavy atom. The Morgan fingerprint density at radius 2 is 0.466 bits per heavy atom. The van der Waals surface area contributed by atoms with Gasteiger partial charge in [0.2, 0.25) is 0 Å². The Balaban J connectivity index is 5.26. The molecule has 6 atom stereocenters. The maximum absolute atomic E-state index is 13.1. The van der Waals surface area contributed by atoms with Crippen LogP contribution in [0.4, 0.5) is 0 Å². The first-order chi connectivity index (χ1) is 50.1. The molecule has 19 heteroatoms. The fraction of sp³-hybridized carbons (Fsp3) is 0.952. The van der Waals surface area contributed by atoms with Crippen molar-refractivity contribution in [2.45, 2.75) is 470 Å². The molecular weight excluding hydrogens is 1340 g/mol. The smallest absolute Gasteiger partial charge is 0.462 e. The fourth-order valence-electron chi connectivity index (χ4n) is 13.1. The van der Waals surface area contributed by atoms with Crippen LogP contribution < -0.4 is 0 Å². The molecule has 612 valence electrons. The Hall–Kier alpha value is -1.94. The van der Waals surface area contributed by atoms with Crippen molar-refractivity contribution in [1.29, 1.82) is 0 Å². The van der Waals surface area contributed by atoms with Crippen molar-refractivity contribution in [3.63, 3.8) is 0 Å². The van der Waals surface area contributed by atoms with Gasteiger partial charge in [-0.15, -0.1) is 0 Å². The highest BCUT2D eigenvalue weighted by atomic mass is 31.2. The van der Waals surface area contributed by atoms with E-state index in [4.69, 9.17) is 37.0 Å². The van der Waals surface area contributed by atoms with Crippen molar-refractivity contribution in [2.75, 3.05) is 39.6 Å². The molecule has 0 radical (unpaired) electrons. The van der Waals surface area contributed by atoms with Gasteiger partial charge in [-0.1, -0.05) is 401 Å². The molecule has 0 aromatic rings. The molecule has 0 saturated heterocycles. The molecule has 0 aliphatic heterocycles. The summed E-state index contributed by atoms with van der Waals surface area (Å²) in [6.07, 6.45) is 69.3. The van der Waals surface area contributed by atoms with Crippen LogP contribution in [0.25, 0.3) is 0 Å². The number of esters is 4. The van der Waals surface area contributed by atoms with Crippen molar-refractivity contribution in [3.05, 3.63) is 0 Å². The standard InChI is InChI=1S/C84H164O17P2/c1-6-10-13-16-19-22-25-28-31-34-36-39-42-45-48-55-60-65-70-83(88)100-79(73-94-81(86)67-62-57-52-46-43-40-38-35-32-29-26-23-20-17-14-11-7-2)75-98-102(90,91)96-71-78(85)72-97-103(92,93)99-76-80(74-95-82(87)68-63-58-53-50-49-51-56-61-66-77(5)9-4)101-84(89)69-64-59-54-47-44-41-37-33-30-27-24-21-18-15-12-8-3/h77-80,85H,6-76H2,1-5H3,(H,90,91)(H,92,93)/t77?,78-,79-,80-/m1/s1. The summed E-state index contributed by atoms with van der Waals surface area (Å²) in [7, 11) is -9.93. The summed E-state index contributed by atoms with van der Waals surface area (Å²) in [4.78, 5) is 73.2. The largest absolute Gasteiger partial charge is 0.472 e. The number of carbonyl (C=O) groups is 4. The Morgan fingerprint density at radius 1 is 0.272 bits per heavy atom. The van der Waals surface area contributed by atoms with Crippen LogP contribution in [0.1, 0.15) is 452 Å². The first-order valence-electron chi connectivity index (χ1n) is 43.7. The first-order valence-corrected chi connectivity index (χ1v) is 46.7. The Bertz CT molecular complexity index is 1960.